The van der Waals surface area contributed by atoms with Crippen LogP contribution >= 0.6 is 0 Å². The highest BCUT2D eigenvalue weighted by Crippen LogP contribution is 2.19. The number of nitrogens with zero attached hydrogens (tertiary/aromatic N) is 2. The molecule has 0 saturated carbocycles. The SMILES string of the molecule is CCCC(O)Cc1ccc([N+](=O)[O-])cc1C#N. The highest BCUT2D eigenvalue weighted by atomic mass is 16.6. The average Bonchev–Trinajstić information content (AvgIpc) is 2.29. The highest BCUT2D eigenvalue weighted by Gasteiger charge is 2.13. The van der Waals surface area contributed by atoms with Crippen LogP contribution in [0.3, 0.4) is 0 Å². The van der Waals surface area contributed by atoms with E-state index in [-0.39, 0.29) is 11.3 Å². The van der Waals surface area contributed by atoms with Crippen molar-refractivity contribution in [2.75, 3.05) is 0 Å². The first-order valence-corrected chi connectivity index (χ1v) is 5.44. The Kier molecular flexibility index (Phi) is 4.61. The van der Waals surface area contributed by atoms with Gasteiger partial charge in [0.25, 0.3) is 5.69 Å². The lowest BCUT2D eigenvalue weighted by atomic mass is 9.99. The third-order valence-electron chi connectivity index (χ3n) is 2.50. The van der Waals surface area contributed by atoms with Crippen molar-refractivity contribution in [2.45, 2.75) is 32.3 Å². The topological polar surface area (TPSA) is 87.2 Å². The second kappa shape index (κ2) is 5.97. The zero-order chi connectivity index (χ0) is 12.8. The van der Waals surface area contributed by atoms with Crippen molar-refractivity contribution in [3.8, 4) is 6.07 Å². The summed E-state index contributed by atoms with van der Waals surface area (Å²) in [6.45, 7) is 1.96. The van der Waals surface area contributed by atoms with Gasteiger partial charge in [-0.3, -0.25) is 10.1 Å². The quantitative estimate of drug-likeness (QED) is 0.624. The fourth-order valence-electron chi connectivity index (χ4n) is 1.65. The fourth-order valence-corrected chi connectivity index (χ4v) is 1.65. The zero-order valence-electron chi connectivity index (χ0n) is 9.59. The molecule has 90 valence electrons. The van der Waals surface area contributed by atoms with Gasteiger partial charge in [0.2, 0.25) is 0 Å². The first kappa shape index (κ1) is 13.1. The van der Waals surface area contributed by atoms with Gasteiger partial charge in [0.1, 0.15) is 0 Å². The second-order valence-electron chi connectivity index (χ2n) is 3.86. The van der Waals surface area contributed by atoms with E-state index in [4.69, 9.17) is 5.26 Å². The number of non-ortho nitro benzene ring substituents is 1. The Morgan fingerprint density at radius 2 is 2.29 bits per heavy atom. The number of nitro benzene ring substituents is 1. The molecule has 1 N–H and O–H groups in total. The number of hydrogen-bond donors (Lipinski definition) is 1. The molecule has 0 aliphatic heterocycles. The normalized spacial score (nSPS) is 11.8. The second-order valence-corrected chi connectivity index (χ2v) is 3.86. The summed E-state index contributed by atoms with van der Waals surface area (Å²) in [5.74, 6) is 0. The van der Waals surface area contributed by atoms with Gasteiger partial charge >= 0.3 is 0 Å². The Morgan fingerprint density at radius 1 is 1.59 bits per heavy atom. The van der Waals surface area contributed by atoms with Crippen LogP contribution in [-0.4, -0.2) is 16.1 Å². The van der Waals surface area contributed by atoms with Gasteiger partial charge in [-0.2, -0.15) is 5.26 Å². The van der Waals surface area contributed by atoms with Crippen LogP contribution in [0.15, 0.2) is 18.2 Å². The lowest BCUT2D eigenvalue weighted by Crippen LogP contribution is -2.10. The summed E-state index contributed by atoms with van der Waals surface area (Å²) >= 11 is 0. The molecule has 17 heavy (non-hydrogen) atoms. The molecule has 1 aromatic carbocycles. The number of aliphatic hydroxyl groups is 1. The van der Waals surface area contributed by atoms with Gasteiger partial charge < -0.3 is 5.11 Å². The predicted octanol–water partition coefficient (Wildman–Crippen LogP) is 2.17. The minimum Gasteiger partial charge on any atom is -0.393 e. The molecule has 1 unspecified atom stereocenters. The summed E-state index contributed by atoms with van der Waals surface area (Å²) in [7, 11) is 0. The largest absolute Gasteiger partial charge is 0.393 e. The van der Waals surface area contributed by atoms with Crippen LogP contribution in [0.25, 0.3) is 0 Å². The van der Waals surface area contributed by atoms with Crippen molar-refractivity contribution in [1.82, 2.24) is 0 Å². The van der Waals surface area contributed by atoms with Gasteiger partial charge in [0.05, 0.1) is 22.7 Å². The van der Waals surface area contributed by atoms with Crippen molar-refractivity contribution in [1.29, 1.82) is 5.26 Å². The van der Waals surface area contributed by atoms with E-state index in [1.54, 1.807) is 0 Å². The fraction of sp³-hybridized carbons (Fsp3) is 0.417. The Bertz CT molecular complexity index is 452. The molecule has 1 aromatic rings. The first-order chi connectivity index (χ1) is 8.08. The van der Waals surface area contributed by atoms with Crippen LogP contribution < -0.4 is 0 Å². The molecule has 0 amide bonds. The lowest BCUT2D eigenvalue weighted by Gasteiger charge is -2.10. The molecule has 0 bridgehead atoms. The van der Waals surface area contributed by atoms with Gasteiger partial charge in [-0.25, -0.2) is 0 Å². The van der Waals surface area contributed by atoms with E-state index in [1.807, 2.05) is 13.0 Å². The molecule has 0 aliphatic carbocycles. The minimum atomic E-state index is -0.535. The summed E-state index contributed by atoms with van der Waals surface area (Å²) in [5.41, 5.74) is 0.809. The standard InChI is InChI=1S/C12H14N2O3/c1-2-3-12(15)7-9-4-5-11(14(16)17)6-10(9)8-13/h4-6,12,15H,2-3,7H2,1H3. The molecule has 1 rings (SSSR count). The Morgan fingerprint density at radius 3 is 2.82 bits per heavy atom. The average molecular weight is 234 g/mol. The molecule has 0 fully saturated rings. The van der Waals surface area contributed by atoms with Crippen LogP contribution in [0.4, 0.5) is 5.69 Å². The van der Waals surface area contributed by atoms with Crippen LogP contribution in [0, 0.1) is 21.4 Å². The summed E-state index contributed by atoms with van der Waals surface area (Å²) < 4.78 is 0. The molecule has 0 aliphatic rings. The first-order valence-electron chi connectivity index (χ1n) is 5.44. The molecular formula is C12H14N2O3. The van der Waals surface area contributed by atoms with Crippen LogP contribution in [-0.2, 0) is 6.42 Å². The van der Waals surface area contributed by atoms with Gasteiger partial charge in [0.15, 0.2) is 0 Å². The molecule has 5 nitrogen and oxygen atoms in total. The van der Waals surface area contributed by atoms with Crippen molar-refractivity contribution < 1.29 is 10.0 Å². The van der Waals surface area contributed by atoms with E-state index in [0.717, 1.165) is 6.42 Å². The molecule has 1 atom stereocenters. The molecular weight excluding hydrogens is 220 g/mol. The molecule has 0 saturated heterocycles. The number of aliphatic hydroxyl groups excluding tert-OH is 1. The molecule has 0 spiro atoms. The van der Waals surface area contributed by atoms with Gasteiger partial charge in [0, 0.05) is 12.1 Å². The van der Waals surface area contributed by atoms with Crippen LogP contribution in [0.5, 0.6) is 0 Å². The van der Waals surface area contributed by atoms with E-state index in [9.17, 15) is 15.2 Å². The van der Waals surface area contributed by atoms with E-state index >= 15 is 0 Å². The van der Waals surface area contributed by atoms with Crippen molar-refractivity contribution >= 4 is 5.69 Å². The molecule has 5 heteroatoms. The Labute approximate surface area is 99.5 Å². The highest BCUT2D eigenvalue weighted by molar-refractivity contribution is 5.46. The lowest BCUT2D eigenvalue weighted by molar-refractivity contribution is -0.384. The summed E-state index contributed by atoms with van der Waals surface area (Å²) in [6, 6.07) is 6.06. The molecule has 0 aromatic heterocycles. The van der Waals surface area contributed by atoms with Crippen molar-refractivity contribution in [2.24, 2.45) is 0 Å². The third kappa shape index (κ3) is 3.54. The summed E-state index contributed by atoms with van der Waals surface area (Å²) in [4.78, 5) is 10.0. The van der Waals surface area contributed by atoms with Gasteiger partial charge in [-0.05, 0) is 18.4 Å². The molecule has 0 heterocycles. The van der Waals surface area contributed by atoms with Crippen molar-refractivity contribution in [3.05, 3.63) is 39.4 Å². The number of benzene rings is 1. The summed E-state index contributed by atoms with van der Waals surface area (Å²) in [6.07, 6.45) is 1.36. The van der Waals surface area contributed by atoms with Crippen molar-refractivity contribution in [3.63, 3.8) is 0 Å². The number of hydrogen-bond acceptors (Lipinski definition) is 4. The maximum atomic E-state index is 10.6. The Balaban J connectivity index is 2.94. The summed E-state index contributed by atoms with van der Waals surface area (Å²) in [5, 5.41) is 29.1. The van der Waals surface area contributed by atoms with E-state index in [0.29, 0.717) is 18.4 Å². The maximum absolute atomic E-state index is 10.6. The number of nitriles is 1. The zero-order valence-corrected chi connectivity index (χ0v) is 9.59. The van der Waals surface area contributed by atoms with E-state index in [1.165, 1.54) is 18.2 Å². The van der Waals surface area contributed by atoms with Crippen LogP contribution in [0.1, 0.15) is 30.9 Å². The minimum absolute atomic E-state index is 0.102. The van der Waals surface area contributed by atoms with Gasteiger partial charge in [-0.15, -0.1) is 0 Å². The maximum Gasteiger partial charge on any atom is 0.270 e. The van der Waals surface area contributed by atoms with Crippen LogP contribution in [0.2, 0.25) is 0 Å². The number of nitro groups is 1. The van der Waals surface area contributed by atoms with Gasteiger partial charge in [-0.1, -0.05) is 19.4 Å². The number of rotatable bonds is 5. The monoisotopic (exact) mass is 234 g/mol. The Hall–Kier alpha value is -1.93. The smallest absolute Gasteiger partial charge is 0.270 e. The van der Waals surface area contributed by atoms with E-state index in [2.05, 4.69) is 0 Å². The van der Waals surface area contributed by atoms with E-state index < -0.39 is 11.0 Å². The molecule has 0 radical (unpaired) electrons. The predicted molar refractivity (Wildman–Crippen MR) is 62.4 cm³/mol. The third-order valence-corrected chi connectivity index (χ3v) is 2.50.